The van der Waals surface area contributed by atoms with Gasteiger partial charge in [0.25, 0.3) is 0 Å². The first kappa shape index (κ1) is 21.3. The SMILES string of the molecule is O=C(O)CCCCCCCCC(=O)N(c1ccc(O)cc1)c1ccc(O)cc1. The van der Waals surface area contributed by atoms with E-state index in [2.05, 4.69) is 0 Å². The highest BCUT2D eigenvalue weighted by atomic mass is 16.4. The zero-order valence-electron chi connectivity index (χ0n) is 15.9. The zero-order chi connectivity index (χ0) is 20.4. The van der Waals surface area contributed by atoms with Gasteiger partial charge in [-0.15, -0.1) is 0 Å². The molecule has 0 aromatic heterocycles. The molecular weight excluding hydrogens is 358 g/mol. The molecule has 0 radical (unpaired) electrons. The van der Waals surface area contributed by atoms with Gasteiger partial charge in [-0.25, -0.2) is 0 Å². The number of phenols is 2. The summed E-state index contributed by atoms with van der Waals surface area (Å²) in [5, 5.41) is 27.6. The van der Waals surface area contributed by atoms with E-state index in [1.807, 2.05) is 0 Å². The standard InChI is InChI=1S/C22H27NO5/c24-19-13-9-17(10-14-19)23(18-11-15-20(25)16-12-18)21(26)7-5-3-1-2-4-6-8-22(27)28/h9-16,24-25H,1-8H2,(H,27,28). The van der Waals surface area contributed by atoms with Gasteiger partial charge in [0.1, 0.15) is 11.5 Å². The number of anilines is 2. The maximum absolute atomic E-state index is 12.9. The molecule has 0 heterocycles. The van der Waals surface area contributed by atoms with Crippen molar-refractivity contribution >= 4 is 23.3 Å². The highest BCUT2D eigenvalue weighted by Crippen LogP contribution is 2.29. The lowest BCUT2D eigenvalue weighted by Gasteiger charge is -2.23. The molecular formula is C22H27NO5. The number of hydrogen-bond donors (Lipinski definition) is 3. The Hall–Kier alpha value is -3.02. The van der Waals surface area contributed by atoms with E-state index in [4.69, 9.17) is 5.11 Å². The van der Waals surface area contributed by atoms with Crippen LogP contribution in [0.25, 0.3) is 0 Å². The first-order valence-electron chi connectivity index (χ1n) is 9.60. The Morgan fingerprint density at radius 2 is 1.04 bits per heavy atom. The molecule has 150 valence electrons. The Labute approximate surface area is 165 Å². The van der Waals surface area contributed by atoms with E-state index in [9.17, 15) is 19.8 Å². The Morgan fingerprint density at radius 3 is 1.46 bits per heavy atom. The van der Waals surface area contributed by atoms with Crippen LogP contribution in [0.1, 0.15) is 51.4 Å². The summed E-state index contributed by atoms with van der Waals surface area (Å²) in [4.78, 5) is 24.9. The smallest absolute Gasteiger partial charge is 0.303 e. The summed E-state index contributed by atoms with van der Waals surface area (Å²) >= 11 is 0. The van der Waals surface area contributed by atoms with E-state index >= 15 is 0 Å². The molecule has 0 saturated carbocycles. The highest BCUT2D eigenvalue weighted by molar-refractivity contribution is 6.00. The fourth-order valence-corrected chi connectivity index (χ4v) is 3.01. The van der Waals surface area contributed by atoms with Crippen molar-refractivity contribution in [3.05, 3.63) is 48.5 Å². The number of carboxylic acid groups (broad SMARTS) is 1. The van der Waals surface area contributed by atoms with Gasteiger partial charge in [0.15, 0.2) is 0 Å². The molecule has 0 saturated heterocycles. The van der Waals surface area contributed by atoms with E-state index < -0.39 is 5.97 Å². The van der Waals surface area contributed by atoms with E-state index in [1.54, 1.807) is 29.2 Å². The van der Waals surface area contributed by atoms with Crippen molar-refractivity contribution < 1.29 is 24.9 Å². The van der Waals surface area contributed by atoms with Crippen molar-refractivity contribution in [3.8, 4) is 11.5 Å². The lowest BCUT2D eigenvalue weighted by atomic mass is 10.1. The molecule has 0 aliphatic rings. The van der Waals surface area contributed by atoms with Crippen molar-refractivity contribution in [2.24, 2.45) is 0 Å². The maximum atomic E-state index is 12.9. The lowest BCUT2D eigenvalue weighted by molar-refractivity contribution is -0.137. The third-order valence-electron chi connectivity index (χ3n) is 4.50. The van der Waals surface area contributed by atoms with Crippen LogP contribution in [0.15, 0.2) is 48.5 Å². The van der Waals surface area contributed by atoms with E-state index in [0.717, 1.165) is 32.1 Å². The molecule has 1 amide bonds. The minimum atomic E-state index is -0.755. The van der Waals surface area contributed by atoms with Gasteiger partial charge >= 0.3 is 5.97 Å². The summed E-state index contributed by atoms with van der Waals surface area (Å²) in [7, 11) is 0. The Bertz CT molecular complexity index is 710. The number of carboxylic acids is 1. The average Bonchev–Trinajstić information content (AvgIpc) is 2.67. The van der Waals surface area contributed by atoms with Crippen molar-refractivity contribution in [1.29, 1.82) is 0 Å². The number of nitrogens with zero attached hydrogens (tertiary/aromatic N) is 1. The van der Waals surface area contributed by atoms with Gasteiger partial charge in [0.2, 0.25) is 5.91 Å². The van der Waals surface area contributed by atoms with Gasteiger partial charge in [-0.2, -0.15) is 0 Å². The fraction of sp³-hybridized carbons (Fsp3) is 0.364. The predicted octanol–water partition coefficient (Wildman–Crippen LogP) is 4.97. The summed E-state index contributed by atoms with van der Waals surface area (Å²) in [5.41, 5.74) is 1.31. The summed E-state index contributed by atoms with van der Waals surface area (Å²) in [5.74, 6) is -0.550. The number of carbonyl (C=O) groups is 2. The van der Waals surface area contributed by atoms with Crippen LogP contribution in [0, 0.1) is 0 Å². The van der Waals surface area contributed by atoms with Crippen LogP contribution in [-0.2, 0) is 9.59 Å². The van der Waals surface area contributed by atoms with Crippen molar-refractivity contribution in [2.75, 3.05) is 4.90 Å². The molecule has 2 aromatic rings. The first-order valence-corrected chi connectivity index (χ1v) is 9.60. The molecule has 3 N–H and O–H groups in total. The average molecular weight is 385 g/mol. The van der Waals surface area contributed by atoms with E-state index in [-0.39, 0.29) is 23.8 Å². The van der Waals surface area contributed by atoms with Crippen LogP contribution in [-0.4, -0.2) is 27.2 Å². The van der Waals surface area contributed by atoms with Gasteiger partial charge in [-0.3, -0.25) is 14.5 Å². The van der Waals surface area contributed by atoms with E-state index in [0.29, 0.717) is 24.2 Å². The number of unbranched alkanes of at least 4 members (excludes halogenated alkanes) is 5. The van der Waals surface area contributed by atoms with Crippen LogP contribution in [0.4, 0.5) is 11.4 Å². The quantitative estimate of drug-likeness (QED) is 0.475. The van der Waals surface area contributed by atoms with Gasteiger partial charge in [0.05, 0.1) is 0 Å². The number of benzene rings is 2. The first-order chi connectivity index (χ1) is 13.5. The Balaban J connectivity index is 1.90. The monoisotopic (exact) mass is 385 g/mol. The second-order valence-corrected chi connectivity index (χ2v) is 6.78. The molecule has 0 aliphatic heterocycles. The minimum Gasteiger partial charge on any atom is -0.508 e. The molecule has 2 rings (SSSR count). The summed E-state index contributed by atoms with van der Waals surface area (Å²) in [6, 6.07) is 12.9. The molecule has 6 nitrogen and oxygen atoms in total. The molecule has 0 atom stereocenters. The third-order valence-corrected chi connectivity index (χ3v) is 4.50. The topological polar surface area (TPSA) is 98.1 Å². The molecule has 0 bridgehead atoms. The number of hydrogen-bond acceptors (Lipinski definition) is 4. The predicted molar refractivity (Wildman–Crippen MR) is 108 cm³/mol. The number of carbonyl (C=O) groups excluding carboxylic acids is 1. The molecule has 0 unspecified atom stereocenters. The van der Waals surface area contributed by atoms with Crippen LogP contribution >= 0.6 is 0 Å². The second kappa shape index (κ2) is 11.0. The van der Waals surface area contributed by atoms with Crippen LogP contribution in [0.3, 0.4) is 0 Å². The van der Waals surface area contributed by atoms with Gasteiger partial charge in [0, 0.05) is 24.2 Å². The van der Waals surface area contributed by atoms with Crippen LogP contribution < -0.4 is 4.90 Å². The molecule has 0 spiro atoms. The number of aliphatic carboxylic acids is 1. The second-order valence-electron chi connectivity index (χ2n) is 6.78. The number of rotatable bonds is 11. The molecule has 0 aliphatic carbocycles. The summed E-state index contributed by atoms with van der Waals surface area (Å²) in [6.45, 7) is 0. The molecule has 6 heteroatoms. The summed E-state index contributed by atoms with van der Waals surface area (Å²) in [6.07, 6.45) is 5.81. The van der Waals surface area contributed by atoms with Crippen LogP contribution in [0.2, 0.25) is 0 Å². The molecule has 28 heavy (non-hydrogen) atoms. The number of phenolic OH excluding ortho intramolecular Hbond substituents is 2. The third kappa shape index (κ3) is 6.95. The lowest BCUT2D eigenvalue weighted by Crippen LogP contribution is -2.25. The van der Waals surface area contributed by atoms with Crippen molar-refractivity contribution in [3.63, 3.8) is 0 Å². The van der Waals surface area contributed by atoms with Crippen LogP contribution in [0.5, 0.6) is 11.5 Å². The van der Waals surface area contributed by atoms with Crippen molar-refractivity contribution in [1.82, 2.24) is 0 Å². The van der Waals surface area contributed by atoms with Gasteiger partial charge in [-0.05, 0) is 61.4 Å². The van der Waals surface area contributed by atoms with Gasteiger partial charge < -0.3 is 15.3 Å². The number of aromatic hydroxyl groups is 2. The molecule has 0 fully saturated rings. The number of amides is 1. The largest absolute Gasteiger partial charge is 0.508 e. The Morgan fingerprint density at radius 1 is 0.643 bits per heavy atom. The minimum absolute atomic E-state index is 0.0535. The summed E-state index contributed by atoms with van der Waals surface area (Å²) < 4.78 is 0. The highest BCUT2D eigenvalue weighted by Gasteiger charge is 2.17. The fourth-order valence-electron chi connectivity index (χ4n) is 3.01. The Kier molecular flexibility index (Phi) is 8.34. The molecule has 2 aromatic carbocycles. The maximum Gasteiger partial charge on any atom is 0.303 e. The van der Waals surface area contributed by atoms with Gasteiger partial charge in [-0.1, -0.05) is 25.7 Å². The van der Waals surface area contributed by atoms with E-state index in [1.165, 1.54) is 24.3 Å². The zero-order valence-corrected chi connectivity index (χ0v) is 15.9. The normalized spacial score (nSPS) is 10.6. The van der Waals surface area contributed by atoms with Crippen molar-refractivity contribution in [2.45, 2.75) is 51.4 Å².